The van der Waals surface area contributed by atoms with Gasteiger partial charge in [0, 0.05) is 25.5 Å². The molecule has 1 aromatic heterocycles. The predicted octanol–water partition coefficient (Wildman–Crippen LogP) is 2.94. The van der Waals surface area contributed by atoms with E-state index < -0.39 is 0 Å². The van der Waals surface area contributed by atoms with Gasteiger partial charge in [0.15, 0.2) is 0 Å². The molecule has 18 heavy (non-hydrogen) atoms. The molecular weight excluding hydrogens is 244 g/mol. The number of hydrogen-bond acceptors (Lipinski definition) is 2. The predicted molar refractivity (Wildman–Crippen MR) is 78.4 cm³/mol. The van der Waals surface area contributed by atoms with Crippen LogP contribution in [0.5, 0.6) is 0 Å². The van der Waals surface area contributed by atoms with E-state index in [2.05, 4.69) is 12.6 Å². The van der Waals surface area contributed by atoms with E-state index in [0.29, 0.717) is 0 Å². The lowest BCUT2D eigenvalue weighted by atomic mass is 9.82. The molecule has 2 rings (SSSR count). The first kappa shape index (κ1) is 13.8. The van der Waals surface area contributed by atoms with Crippen LogP contribution >= 0.6 is 12.6 Å². The van der Waals surface area contributed by atoms with E-state index in [4.69, 9.17) is 0 Å². The summed E-state index contributed by atoms with van der Waals surface area (Å²) in [5, 5.41) is 0. The zero-order valence-corrected chi connectivity index (χ0v) is 12.2. The molecule has 3 nitrogen and oxygen atoms in total. The fourth-order valence-corrected chi connectivity index (χ4v) is 3.44. The quantitative estimate of drug-likeness (QED) is 0.659. The Morgan fingerprint density at radius 1 is 1.17 bits per heavy atom. The number of aromatic nitrogens is 2. The molecule has 0 N–H and O–H groups in total. The summed E-state index contributed by atoms with van der Waals surface area (Å²) in [7, 11) is 0. The summed E-state index contributed by atoms with van der Waals surface area (Å²) in [6.45, 7) is 3.59. The molecule has 1 saturated carbocycles. The van der Waals surface area contributed by atoms with Crippen molar-refractivity contribution < 1.29 is 0 Å². The lowest BCUT2D eigenvalue weighted by Crippen LogP contribution is -2.34. The Hall–Kier alpha value is -0.640. The van der Waals surface area contributed by atoms with E-state index in [-0.39, 0.29) is 11.1 Å². The Morgan fingerprint density at radius 2 is 1.78 bits per heavy atom. The minimum atomic E-state index is 0.128. The van der Waals surface area contributed by atoms with E-state index in [1.54, 1.807) is 4.57 Å². The summed E-state index contributed by atoms with van der Waals surface area (Å²) in [6.07, 6.45) is 11.5. The molecule has 0 spiro atoms. The summed E-state index contributed by atoms with van der Waals surface area (Å²) in [5.74, 6) is 0.886. The molecule has 0 unspecified atom stereocenters. The molecule has 0 bridgehead atoms. The van der Waals surface area contributed by atoms with Gasteiger partial charge in [-0.1, -0.05) is 25.7 Å². The van der Waals surface area contributed by atoms with Crippen LogP contribution in [0.2, 0.25) is 0 Å². The first-order chi connectivity index (χ1) is 8.71. The van der Waals surface area contributed by atoms with Gasteiger partial charge < -0.3 is 0 Å². The molecule has 1 fully saturated rings. The second-order valence-electron chi connectivity index (χ2n) is 5.57. The largest absolute Gasteiger partial charge is 0.328 e. The second kappa shape index (κ2) is 6.00. The van der Waals surface area contributed by atoms with Crippen molar-refractivity contribution in [2.24, 2.45) is 5.41 Å². The first-order valence-electron chi connectivity index (χ1n) is 7.07. The highest BCUT2D eigenvalue weighted by Crippen LogP contribution is 2.37. The molecule has 1 aromatic rings. The number of aryl methyl sites for hydroxylation is 1. The Morgan fingerprint density at radius 3 is 2.28 bits per heavy atom. The van der Waals surface area contributed by atoms with Crippen molar-refractivity contribution in [3.05, 3.63) is 22.9 Å². The van der Waals surface area contributed by atoms with Crippen LogP contribution in [-0.2, 0) is 13.1 Å². The molecule has 0 radical (unpaired) electrons. The average molecular weight is 268 g/mol. The van der Waals surface area contributed by atoms with Crippen LogP contribution in [-0.4, -0.2) is 14.9 Å². The molecule has 0 amide bonds. The van der Waals surface area contributed by atoms with Crippen molar-refractivity contribution in [3.8, 4) is 0 Å². The maximum Gasteiger partial charge on any atom is 0.328 e. The molecule has 1 aliphatic carbocycles. The van der Waals surface area contributed by atoms with Crippen LogP contribution in [0.25, 0.3) is 0 Å². The summed E-state index contributed by atoms with van der Waals surface area (Å²) >= 11 is 4.57. The Labute approximate surface area is 115 Å². The minimum Gasteiger partial charge on any atom is -0.300 e. The smallest absolute Gasteiger partial charge is 0.300 e. The van der Waals surface area contributed by atoms with Gasteiger partial charge >= 0.3 is 5.69 Å². The van der Waals surface area contributed by atoms with E-state index in [0.717, 1.165) is 18.8 Å². The van der Waals surface area contributed by atoms with Crippen molar-refractivity contribution in [3.63, 3.8) is 0 Å². The van der Waals surface area contributed by atoms with Gasteiger partial charge in [-0.15, -0.1) is 0 Å². The molecule has 1 heterocycles. The van der Waals surface area contributed by atoms with Crippen molar-refractivity contribution >= 4 is 12.6 Å². The van der Waals surface area contributed by atoms with Gasteiger partial charge in [-0.25, -0.2) is 4.79 Å². The minimum absolute atomic E-state index is 0.128. The number of hydrogen-bond donors (Lipinski definition) is 1. The summed E-state index contributed by atoms with van der Waals surface area (Å²) in [4.78, 5) is 12.1. The van der Waals surface area contributed by atoms with E-state index >= 15 is 0 Å². The van der Waals surface area contributed by atoms with E-state index in [9.17, 15) is 4.79 Å². The Balaban J connectivity index is 2.18. The number of nitrogens with zero attached hydrogens (tertiary/aromatic N) is 2. The van der Waals surface area contributed by atoms with Gasteiger partial charge in [0.2, 0.25) is 0 Å². The first-order valence-corrected chi connectivity index (χ1v) is 7.70. The van der Waals surface area contributed by atoms with Crippen LogP contribution in [0.1, 0.15) is 45.4 Å². The van der Waals surface area contributed by atoms with Gasteiger partial charge in [-0.05, 0) is 30.9 Å². The van der Waals surface area contributed by atoms with Crippen molar-refractivity contribution in [2.45, 2.75) is 58.5 Å². The number of thiol groups is 1. The Bertz CT molecular complexity index is 427. The normalized spacial score (nSPS) is 19.7. The standard InChI is InChI=1S/C14H24N2OS/c1-2-15-9-10-16(13(15)17)11-14(12-18)7-5-3-4-6-8-14/h9-10,18H,2-8,11-12H2,1H3. The van der Waals surface area contributed by atoms with E-state index in [1.165, 1.54) is 38.5 Å². The summed E-state index contributed by atoms with van der Waals surface area (Å²) in [5.41, 5.74) is 0.353. The molecule has 0 atom stereocenters. The summed E-state index contributed by atoms with van der Waals surface area (Å²) in [6, 6.07) is 0. The summed E-state index contributed by atoms with van der Waals surface area (Å²) < 4.78 is 3.65. The number of imidazole rings is 1. The molecule has 0 aliphatic heterocycles. The fraction of sp³-hybridized carbons (Fsp3) is 0.786. The molecule has 4 heteroatoms. The lowest BCUT2D eigenvalue weighted by molar-refractivity contribution is 0.237. The number of rotatable bonds is 4. The average Bonchev–Trinajstić information content (AvgIpc) is 2.61. The van der Waals surface area contributed by atoms with Gasteiger partial charge in [0.1, 0.15) is 0 Å². The van der Waals surface area contributed by atoms with Crippen LogP contribution in [0.4, 0.5) is 0 Å². The third-order valence-electron chi connectivity index (χ3n) is 4.26. The topological polar surface area (TPSA) is 26.9 Å². The van der Waals surface area contributed by atoms with Gasteiger partial charge in [-0.2, -0.15) is 12.6 Å². The van der Waals surface area contributed by atoms with Crippen LogP contribution in [0, 0.1) is 5.41 Å². The second-order valence-corrected chi connectivity index (χ2v) is 5.88. The third kappa shape index (κ3) is 2.85. The van der Waals surface area contributed by atoms with Crippen LogP contribution < -0.4 is 5.69 Å². The van der Waals surface area contributed by atoms with Gasteiger partial charge in [0.05, 0.1) is 0 Å². The van der Waals surface area contributed by atoms with Crippen molar-refractivity contribution in [1.29, 1.82) is 0 Å². The van der Waals surface area contributed by atoms with Crippen molar-refractivity contribution in [1.82, 2.24) is 9.13 Å². The highest BCUT2D eigenvalue weighted by molar-refractivity contribution is 7.80. The molecular formula is C14H24N2OS. The Kier molecular flexibility index (Phi) is 4.60. The molecule has 0 aromatic carbocycles. The van der Waals surface area contributed by atoms with E-state index in [1.807, 2.05) is 23.9 Å². The molecule has 102 valence electrons. The van der Waals surface area contributed by atoms with Crippen molar-refractivity contribution in [2.75, 3.05) is 5.75 Å². The van der Waals surface area contributed by atoms with Crippen LogP contribution in [0.15, 0.2) is 17.2 Å². The zero-order chi connectivity index (χ0) is 13.0. The molecule has 0 saturated heterocycles. The maximum atomic E-state index is 12.1. The highest BCUT2D eigenvalue weighted by Gasteiger charge is 2.30. The maximum absolute atomic E-state index is 12.1. The third-order valence-corrected chi connectivity index (χ3v) is 4.93. The molecule has 1 aliphatic rings. The van der Waals surface area contributed by atoms with Gasteiger partial charge in [-0.3, -0.25) is 9.13 Å². The monoisotopic (exact) mass is 268 g/mol. The van der Waals surface area contributed by atoms with Gasteiger partial charge in [0.25, 0.3) is 0 Å². The van der Waals surface area contributed by atoms with Crippen LogP contribution in [0.3, 0.4) is 0 Å². The lowest BCUT2D eigenvalue weighted by Gasteiger charge is -2.31. The SMILES string of the molecule is CCn1ccn(CC2(CS)CCCCCC2)c1=O. The zero-order valence-electron chi connectivity index (χ0n) is 11.3. The highest BCUT2D eigenvalue weighted by atomic mass is 32.1. The fourth-order valence-electron chi connectivity index (χ4n) is 3.02.